The normalized spacial score (nSPS) is 10.8. The maximum absolute atomic E-state index is 13.2. The zero-order valence-corrected chi connectivity index (χ0v) is 21.2. The Morgan fingerprint density at radius 2 is 1.75 bits per heavy atom. The fourth-order valence-electron chi connectivity index (χ4n) is 3.29. The van der Waals surface area contributed by atoms with E-state index in [9.17, 15) is 9.59 Å². The van der Waals surface area contributed by atoms with Crippen molar-refractivity contribution in [1.29, 1.82) is 0 Å². The molecule has 2 rings (SSSR count). The Kier molecular flexibility index (Phi) is 10.6. The van der Waals surface area contributed by atoms with Gasteiger partial charge in [0.1, 0.15) is 0 Å². The number of aryl methyl sites for hydroxylation is 1. The highest BCUT2D eigenvalue weighted by atomic mass is 35.5. The molecule has 0 aliphatic rings. The van der Waals surface area contributed by atoms with Crippen molar-refractivity contribution in [2.45, 2.75) is 38.1 Å². The van der Waals surface area contributed by atoms with Gasteiger partial charge < -0.3 is 19.3 Å². The number of benzene rings is 1. The Balaban J connectivity index is 2.17. The van der Waals surface area contributed by atoms with Crippen LogP contribution in [0.25, 0.3) is 0 Å². The zero-order chi connectivity index (χ0) is 23.7. The Hall–Kier alpha value is -1.96. The topological polar surface area (TPSA) is 59.1 Å². The predicted octanol–water partition coefficient (Wildman–Crippen LogP) is 4.69. The van der Waals surface area contributed by atoms with E-state index in [0.29, 0.717) is 44.0 Å². The summed E-state index contributed by atoms with van der Waals surface area (Å²) in [4.78, 5) is 29.8. The molecule has 6 nitrogen and oxygen atoms in total. The SMILES string of the molecule is CCCN(CC(=O)N(CCc1ccc(OC)c(OC)c1)Cc1ccc(C)s1)C(=O)C(Cl)Cl. The van der Waals surface area contributed by atoms with Gasteiger partial charge >= 0.3 is 0 Å². The van der Waals surface area contributed by atoms with E-state index in [1.165, 1.54) is 9.78 Å². The van der Waals surface area contributed by atoms with Crippen LogP contribution in [0.4, 0.5) is 0 Å². The highest BCUT2D eigenvalue weighted by molar-refractivity contribution is 7.11. The van der Waals surface area contributed by atoms with E-state index in [0.717, 1.165) is 10.4 Å². The van der Waals surface area contributed by atoms with Gasteiger partial charge in [-0.15, -0.1) is 11.3 Å². The number of alkyl halides is 2. The molecule has 0 fully saturated rings. The van der Waals surface area contributed by atoms with Crippen molar-refractivity contribution in [1.82, 2.24) is 9.80 Å². The summed E-state index contributed by atoms with van der Waals surface area (Å²) in [5, 5.41) is 0. The Morgan fingerprint density at radius 3 is 2.31 bits per heavy atom. The van der Waals surface area contributed by atoms with Crippen molar-refractivity contribution in [3.05, 3.63) is 45.6 Å². The molecule has 32 heavy (non-hydrogen) atoms. The first-order valence-corrected chi connectivity index (χ1v) is 12.1. The lowest BCUT2D eigenvalue weighted by atomic mass is 10.1. The number of rotatable bonds is 12. The molecule has 0 saturated heterocycles. The monoisotopic (exact) mass is 500 g/mol. The molecule has 0 aliphatic carbocycles. The molecule has 9 heteroatoms. The quantitative estimate of drug-likeness (QED) is 0.396. The van der Waals surface area contributed by atoms with Gasteiger partial charge in [0.15, 0.2) is 16.3 Å². The smallest absolute Gasteiger partial charge is 0.256 e. The van der Waals surface area contributed by atoms with Crippen molar-refractivity contribution in [2.24, 2.45) is 0 Å². The minimum absolute atomic E-state index is 0.0566. The minimum Gasteiger partial charge on any atom is -0.493 e. The fraction of sp³-hybridized carbons (Fsp3) is 0.478. The Morgan fingerprint density at radius 1 is 1.03 bits per heavy atom. The second-order valence-electron chi connectivity index (χ2n) is 7.33. The Bertz CT molecular complexity index is 904. The van der Waals surface area contributed by atoms with E-state index in [4.69, 9.17) is 32.7 Å². The number of nitrogens with zero attached hydrogens (tertiary/aromatic N) is 2. The van der Waals surface area contributed by atoms with Crippen molar-refractivity contribution >= 4 is 46.4 Å². The number of halogens is 2. The molecular formula is C23H30Cl2N2O4S. The second kappa shape index (κ2) is 12.9. The van der Waals surface area contributed by atoms with Crippen LogP contribution >= 0.6 is 34.5 Å². The highest BCUT2D eigenvalue weighted by Gasteiger charge is 2.25. The summed E-state index contributed by atoms with van der Waals surface area (Å²) in [7, 11) is 3.19. The number of methoxy groups -OCH3 is 2. The van der Waals surface area contributed by atoms with Gasteiger partial charge in [-0.2, -0.15) is 0 Å². The van der Waals surface area contributed by atoms with E-state index in [2.05, 4.69) is 0 Å². The first-order valence-electron chi connectivity index (χ1n) is 10.4. The van der Waals surface area contributed by atoms with Crippen LogP contribution in [0.3, 0.4) is 0 Å². The molecule has 0 saturated carbocycles. The van der Waals surface area contributed by atoms with E-state index in [1.54, 1.807) is 30.5 Å². The van der Waals surface area contributed by atoms with Gasteiger partial charge in [-0.3, -0.25) is 9.59 Å². The van der Waals surface area contributed by atoms with E-state index in [-0.39, 0.29) is 12.5 Å². The molecule has 0 aliphatic heterocycles. The number of thiophene rings is 1. The third-order valence-corrected chi connectivity index (χ3v) is 6.29. The van der Waals surface area contributed by atoms with E-state index >= 15 is 0 Å². The summed E-state index contributed by atoms with van der Waals surface area (Å²) >= 11 is 13.2. The molecular weight excluding hydrogens is 471 g/mol. The molecule has 0 bridgehead atoms. The van der Waals surface area contributed by atoms with Crippen molar-refractivity contribution in [2.75, 3.05) is 33.9 Å². The van der Waals surface area contributed by atoms with E-state index < -0.39 is 10.7 Å². The average molecular weight is 501 g/mol. The molecule has 176 valence electrons. The number of ether oxygens (including phenoxy) is 2. The van der Waals surface area contributed by atoms with Crippen LogP contribution in [0.2, 0.25) is 0 Å². The summed E-state index contributed by atoms with van der Waals surface area (Å²) in [6.07, 6.45) is 1.33. The number of hydrogen-bond acceptors (Lipinski definition) is 5. The summed E-state index contributed by atoms with van der Waals surface area (Å²) < 4.78 is 10.7. The molecule has 1 aromatic carbocycles. The number of carbonyl (C=O) groups is 2. The van der Waals surface area contributed by atoms with Gasteiger partial charge in [-0.05, 0) is 49.6 Å². The molecule has 1 heterocycles. The fourth-order valence-corrected chi connectivity index (χ4v) is 4.47. The van der Waals surface area contributed by atoms with E-state index in [1.807, 2.05) is 44.2 Å². The first kappa shape index (κ1) is 26.3. The molecule has 2 amide bonds. The van der Waals surface area contributed by atoms with Crippen LogP contribution in [0.1, 0.15) is 28.7 Å². The maximum atomic E-state index is 13.2. The largest absolute Gasteiger partial charge is 0.493 e. The van der Waals surface area contributed by atoms with Gasteiger partial charge in [-0.25, -0.2) is 0 Å². The standard InChI is InChI=1S/C23H30Cl2N2O4S/c1-5-11-27(23(29)22(24)25)15-21(28)26(14-18-8-6-16(2)32-18)12-10-17-7-9-19(30-3)20(13-17)31-4/h6-9,13,22H,5,10-12,14-15H2,1-4H3. The number of amides is 2. The summed E-state index contributed by atoms with van der Waals surface area (Å²) in [6, 6.07) is 9.79. The third-order valence-electron chi connectivity index (χ3n) is 4.93. The molecule has 0 spiro atoms. The van der Waals surface area contributed by atoms with Crippen LogP contribution in [0.15, 0.2) is 30.3 Å². The highest BCUT2D eigenvalue weighted by Crippen LogP contribution is 2.28. The van der Waals surface area contributed by atoms with Crippen LogP contribution in [-0.4, -0.2) is 60.3 Å². The molecule has 1 aromatic heterocycles. The van der Waals surface area contributed by atoms with Crippen molar-refractivity contribution in [3.8, 4) is 11.5 Å². The zero-order valence-electron chi connectivity index (χ0n) is 18.9. The third kappa shape index (κ3) is 7.57. The van der Waals surface area contributed by atoms with Gasteiger partial charge in [0.2, 0.25) is 5.91 Å². The molecule has 2 aromatic rings. The minimum atomic E-state index is -1.19. The molecule has 0 radical (unpaired) electrons. The summed E-state index contributed by atoms with van der Waals surface area (Å²) in [6.45, 7) is 5.30. The van der Waals surface area contributed by atoms with Gasteiger partial charge in [0, 0.05) is 22.8 Å². The van der Waals surface area contributed by atoms with Gasteiger partial charge in [-0.1, -0.05) is 36.2 Å². The summed E-state index contributed by atoms with van der Waals surface area (Å²) in [5.41, 5.74) is 1.02. The lowest BCUT2D eigenvalue weighted by Crippen LogP contribution is -2.45. The van der Waals surface area contributed by atoms with Gasteiger partial charge in [0.05, 0.1) is 27.3 Å². The number of hydrogen-bond donors (Lipinski definition) is 0. The van der Waals surface area contributed by atoms with Crippen LogP contribution in [0, 0.1) is 6.92 Å². The molecule has 0 unspecified atom stereocenters. The average Bonchev–Trinajstić information content (AvgIpc) is 3.19. The second-order valence-corrected chi connectivity index (χ2v) is 9.80. The Labute approximate surface area is 204 Å². The maximum Gasteiger partial charge on any atom is 0.256 e. The van der Waals surface area contributed by atoms with Crippen molar-refractivity contribution < 1.29 is 19.1 Å². The van der Waals surface area contributed by atoms with Crippen LogP contribution in [0.5, 0.6) is 11.5 Å². The lowest BCUT2D eigenvalue weighted by molar-refractivity contribution is -0.140. The predicted molar refractivity (Wildman–Crippen MR) is 130 cm³/mol. The summed E-state index contributed by atoms with van der Waals surface area (Å²) in [5.74, 6) is 0.707. The lowest BCUT2D eigenvalue weighted by Gasteiger charge is -2.28. The number of carbonyl (C=O) groups excluding carboxylic acids is 2. The van der Waals surface area contributed by atoms with Crippen LogP contribution < -0.4 is 9.47 Å². The first-order chi connectivity index (χ1) is 15.3. The molecule has 0 N–H and O–H groups in total. The van der Waals surface area contributed by atoms with Gasteiger partial charge in [0.25, 0.3) is 5.91 Å². The van der Waals surface area contributed by atoms with Crippen molar-refractivity contribution in [3.63, 3.8) is 0 Å². The van der Waals surface area contributed by atoms with Crippen LogP contribution in [-0.2, 0) is 22.6 Å². The molecule has 0 atom stereocenters.